The van der Waals surface area contributed by atoms with Gasteiger partial charge in [0.2, 0.25) is 11.8 Å². The van der Waals surface area contributed by atoms with Gasteiger partial charge < -0.3 is 20.1 Å². The molecule has 0 aliphatic heterocycles. The minimum Gasteiger partial charge on any atom is -0.444 e. The summed E-state index contributed by atoms with van der Waals surface area (Å²) >= 11 is 0. The fourth-order valence-electron chi connectivity index (χ4n) is 2.20. The summed E-state index contributed by atoms with van der Waals surface area (Å²) in [7, 11) is 0. The monoisotopic (exact) mass is 358 g/mol. The SMILES string of the molecule is CCC(CC)C(=O)NCOC(=O)CC(=O)OCNC(=O)C(CC)CC. The Morgan fingerprint density at radius 2 is 1.00 bits per heavy atom. The van der Waals surface area contributed by atoms with Gasteiger partial charge in [-0.25, -0.2) is 0 Å². The van der Waals surface area contributed by atoms with Crippen molar-refractivity contribution in [3.63, 3.8) is 0 Å². The predicted molar refractivity (Wildman–Crippen MR) is 91.0 cm³/mol. The van der Waals surface area contributed by atoms with Crippen LogP contribution >= 0.6 is 0 Å². The second kappa shape index (κ2) is 13.2. The van der Waals surface area contributed by atoms with Crippen molar-refractivity contribution in [2.75, 3.05) is 13.5 Å². The molecule has 0 spiro atoms. The minimum absolute atomic E-state index is 0.123. The molecule has 0 aliphatic carbocycles. The Balaban J connectivity index is 3.94. The number of nitrogens with one attached hydrogen (secondary N) is 2. The van der Waals surface area contributed by atoms with Crippen LogP contribution in [0.15, 0.2) is 0 Å². The molecule has 0 rings (SSSR count). The predicted octanol–water partition coefficient (Wildman–Crippen LogP) is 1.48. The first-order valence-electron chi connectivity index (χ1n) is 8.76. The van der Waals surface area contributed by atoms with E-state index in [1.165, 1.54) is 0 Å². The normalized spacial score (nSPS) is 10.5. The number of carbonyl (C=O) groups is 4. The van der Waals surface area contributed by atoms with Gasteiger partial charge in [-0.05, 0) is 25.7 Å². The van der Waals surface area contributed by atoms with E-state index in [9.17, 15) is 19.2 Å². The van der Waals surface area contributed by atoms with Gasteiger partial charge in [0.05, 0.1) is 0 Å². The van der Waals surface area contributed by atoms with E-state index in [0.29, 0.717) is 25.7 Å². The van der Waals surface area contributed by atoms with Gasteiger partial charge in [-0.1, -0.05) is 27.7 Å². The molecule has 144 valence electrons. The Labute approximate surface area is 149 Å². The number of amides is 2. The summed E-state index contributed by atoms with van der Waals surface area (Å²) in [6.45, 7) is 7.03. The zero-order valence-electron chi connectivity index (χ0n) is 15.6. The molecule has 8 heteroatoms. The van der Waals surface area contributed by atoms with Crippen molar-refractivity contribution in [1.29, 1.82) is 0 Å². The van der Waals surface area contributed by atoms with Crippen LogP contribution in [0, 0.1) is 11.8 Å². The lowest BCUT2D eigenvalue weighted by molar-refractivity contribution is -0.155. The highest BCUT2D eigenvalue weighted by Gasteiger charge is 2.17. The number of rotatable bonds is 12. The standard InChI is InChI=1S/C17H30N2O6/c1-5-12(6-2)16(22)18-10-24-14(20)9-15(21)25-11-19-17(23)13(7-3)8-4/h12-13H,5-11H2,1-4H3,(H,18,22)(H,19,23). The number of hydrogen-bond donors (Lipinski definition) is 2. The summed E-state index contributed by atoms with van der Waals surface area (Å²) in [4.78, 5) is 46.3. The van der Waals surface area contributed by atoms with E-state index in [-0.39, 0.29) is 37.1 Å². The molecular weight excluding hydrogens is 328 g/mol. The molecule has 0 radical (unpaired) electrons. The highest BCUT2D eigenvalue weighted by molar-refractivity contribution is 5.91. The highest BCUT2D eigenvalue weighted by Crippen LogP contribution is 2.07. The van der Waals surface area contributed by atoms with Crippen LogP contribution in [0.4, 0.5) is 0 Å². The van der Waals surface area contributed by atoms with Gasteiger partial charge in [0.25, 0.3) is 0 Å². The topological polar surface area (TPSA) is 111 Å². The van der Waals surface area contributed by atoms with E-state index in [0.717, 1.165) is 0 Å². The van der Waals surface area contributed by atoms with Gasteiger partial charge in [0.1, 0.15) is 6.42 Å². The fraction of sp³-hybridized carbons (Fsp3) is 0.765. The maximum Gasteiger partial charge on any atom is 0.318 e. The average Bonchev–Trinajstić information content (AvgIpc) is 2.57. The molecule has 0 aliphatic rings. The molecule has 8 nitrogen and oxygen atoms in total. The van der Waals surface area contributed by atoms with Crippen LogP contribution in [0.3, 0.4) is 0 Å². The van der Waals surface area contributed by atoms with E-state index >= 15 is 0 Å². The molecule has 0 heterocycles. The van der Waals surface area contributed by atoms with Crippen LogP contribution in [0.2, 0.25) is 0 Å². The largest absolute Gasteiger partial charge is 0.444 e. The van der Waals surface area contributed by atoms with Crippen molar-refractivity contribution >= 4 is 23.8 Å². The second-order valence-corrected chi connectivity index (χ2v) is 5.61. The number of ether oxygens (including phenoxy) is 2. The quantitative estimate of drug-likeness (QED) is 0.311. The van der Waals surface area contributed by atoms with Gasteiger partial charge in [-0.3, -0.25) is 19.2 Å². The van der Waals surface area contributed by atoms with Crippen LogP contribution in [-0.2, 0) is 28.7 Å². The maximum absolute atomic E-state index is 11.7. The van der Waals surface area contributed by atoms with Gasteiger partial charge in [-0.15, -0.1) is 0 Å². The highest BCUT2D eigenvalue weighted by atomic mass is 16.6. The number of hydrogen-bond acceptors (Lipinski definition) is 6. The van der Waals surface area contributed by atoms with Gasteiger partial charge in [0.15, 0.2) is 13.5 Å². The lowest BCUT2D eigenvalue weighted by atomic mass is 10.0. The molecule has 0 bridgehead atoms. The molecule has 0 atom stereocenters. The first-order valence-corrected chi connectivity index (χ1v) is 8.76. The molecule has 2 amide bonds. The van der Waals surface area contributed by atoms with Crippen LogP contribution in [0.5, 0.6) is 0 Å². The van der Waals surface area contributed by atoms with Crippen LogP contribution in [0.25, 0.3) is 0 Å². The smallest absolute Gasteiger partial charge is 0.318 e. The maximum atomic E-state index is 11.7. The molecule has 0 fully saturated rings. The van der Waals surface area contributed by atoms with E-state index < -0.39 is 18.4 Å². The molecule has 0 saturated heterocycles. The third kappa shape index (κ3) is 9.69. The van der Waals surface area contributed by atoms with E-state index in [4.69, 9.17) is 9.47 Å². The lowest BCUT2D eigenvalue weighted by Gasteiger charge is -2.13. The Morgan fingerprint density at radius 3 is 1.28 bits per heavy atom. The molecule has 0 aromatic carbocycles. The molecule has 0 aromatic rings. The molecular formula is C17H30N2O6. The first-order chi connectivity index (χ1) is 11.9. The van der Waals surface area contributed by atoms with Crippen molar-refractivity contribution in [3.05, 3.63) is 0 Å². The van der Waals surface area contributed by atoms with Crippen molar-refractivity contribution in [2.45, 2.75) is 59.8 Å². The second-order valence-electron chi connectivity index (χ2n) is 5.61. The average molecular weight is 358 g/mol. The van der Waals surface area contributed by atoms with Crippen LogP contribution < -0.4 is 10.6 Å². The summed E-state index contributed by atoms with van der Waals surface area (Å²) in [5, 5.41) is 4.96. The third-order valence-electron chi connectivity index (χ3n) is 3.96. The summed E-state index contributed by atoms with van der Waals surface area (Å²) < 4.78 is 9.53. The fourth-order valence-corrected chi connectivity index (χ4v) is 2.20. The Hall–Kier alpha value is -2.12. The van der Waals surface area contributed by atoms with E-state index in [1.807, 2.05) is 27.7 Å². The lowest BCUT2D eigenvalue weighted by Crippen LogP contribution is -2.34. The number of esters is 2. The van der Waals surface area contributed by atoms with Crippen molar-refractivity contribution in [2.24, 2.45) is 11.8 Å². The Kier molecular flexibility index (Phi) is 12.1. The molecule has 0 aromatic heterocycles. The van der Waals surface area contributed by atoms with Crippen LogP contribution in [0.1, 0.15) is 59.8 Å². The molecule has 25 heavy (non-hydrogen) atoms. The molecule has 2 N–H and O–H groups in total. The van der Waals surface area contributed by atoms with E-state index in [2.05, 4.69) is 10.6 Å². The van der Waals surface area contributed by atoms with Gasteiger partial charge >= 0.3 is 11.9 Å². The Morgan fingerprint density at radius 1 is 0.680 bits per heavy atom. The zero-order chi connectivity index (χ0) is 19.2. The number of carbonyl (C=O) groups excluding carboxylic acids is 4. The summed E-state index contributed by atoms with van der Waals surface area (Å²) in [5.74, 6) is -2.24. The van der Waals surface area contributed by atoms with Crippen molar-refractivity contribution < 1.29 is 28.7 Å². The zero-order valence-corrected chi connectivity index (χ0v) is 15.6. The summed E-state index contributed by atoms with van der Waals surface area (Å²) in [6, 6.07) is 0. The first kappa shape index (κ1) is 22.9. The van der Waals surface area contributed by atoms with Crippen molar-refractivity contribution in [1.82, 2.24) is 10.6 Å². The third-order valence-corrected chi connectivity index (χ3v) is 3.96. The minimum atomic E-state index is -0.804. The summed E-state index contributed by atoms with van der Waals surface area (Å²) in [6.07, 6.45) is 2.22. The summed E-state index contributed by atoms with van der Waals surface area (Å²) in [5.41, 5.74) is 0. The van der Waals surface area contributed by atoms with Crippen molar-refractivity contribution in [3.8, 4) is 0 Å². The van der Waals surface area contributed by atoms with Gasteiger partial charge in [0, 0.05) is 11.8 Å². The van der Waals surface area contributed by atoms with Gasteiger partial charge in [-0.2, -0.15) is 0 Å². The van der Waals surface area contributed by atoms with Crippen LogP contribution in [-0.4, -0.2) is 37.2 Å². The van der Waals surface area contributed by atoms with E-state index in [1.54, 1.807) is 0 Å². The Bertz CT molecular complexity index is 404. The molecule has 0 unspecified atom stereocenters. The molecule has 0 saturated carbocycles.